The Morgan fingerprint density at radius 2 is 0.821 bits per heavy atom. The molecule has 3 aliphatic rings. The molecule has 0 unspecified atom stereocenters. The predicted octanol–water partition coefficient (Wildman–Crippen LogP) is 2.99. The molecule has 0 N–H and O–H groups in total. The molecule has 0 aromatic heterocycles. The molecule has 0 radical (unpaired) electrons. The van der Waals surface area contributed by atoms with Gasteiger partial charge in [0.25, 0.3) is 0 Å². The maximum atomic E-state index is 2.59. The van der Waals surface area contributed by atoms with E-state index in [1.165, 1.54) is 39.5 Å². The third-order valence-corrected chi connectivity index (χ3v) is 20.6. The summed E-state index contributed by atoms with van der Waals surface area (Å²) in [4.78, 5) is 0. The van der Waals surface area contributed by atoms with Crippen molar-refractivity contribution >= 4 is 53.9 Å². The van der Waals surface area contributed by atoms with Crippen molar-refractivity contribution in [1.82, 2.24) is 0 Å². The van der Waals surface area contributed by atoms with Crippen LogP contribution in [0.25, 0.3) is 0 Å². The zero-order chi connectivity index (χ0) is 20.0. The molecule has 0 saturated carbocycles. The summed E-state index contributed by atoms with van der Waals surface area (Å²) in [5, 5.41) is 5.23. The molecule has 3 heterocycles. The summed E-state index contributed by atoms with van der Waals surface area (Å²) in [6.45, 7) is 16.3. The van der Waals surface area contributed by atoms with E-state index in [0.717, 1.165) is 0 Å². The molecule has 0 atom stereocenters. The van der Waals surface area contributed by atoms with Gasteiger partial charge in [-0.25, -0.2) is 0 Å². The van der Waals surface area contributed by atoms with Gasteiger partial charge in [-0.1, -0.05) is 0 Å². The fourth-order valence-electron chi connectivity index (χ4n) is 5.10. The van der Waals surface area contributed by atoms with Crippen LogP contribution in [-0.2, 0) is 0 Å². The van der Waals surface area contributed by atoms with Gasteiger partial charge in [-0.2, -0.15) is 0 Å². The van der Waals surface area contributed by atoms with Gasteiger partial charge in [-0.15, -0.1) is 0 Å². The zero-order valence-corrected chi connectivity index (χ0v) is 21.5. The molecule has 2 bridgehead atoms. The quantitative estimate of drug-likeness (QED) is 0.361. The van der Waals surface area contributed by atoms with Gasteiger partial charge in [0.15, 0.2) is 0 Å². The summed E-state index contributed by atoms with van der Waals surface area (Å²) in [5.74, 6) is 0. The van der Waals surface area contributed by atoms with E-state index in [9.17, 15) is 0 Å². The maximum absolute atomic E-state index is 2.59. The van der Waals surface area contributed by atoms with Gasteiger partial charge in [0, 0.05) is 0 Å². The molecule has 3 aromatic carbocycles. The fourth-order valence-corrected chi connectivity index (χ4v) is 23.4. The second-order valence-corrected chi connectivity index (χ2v) is 18.5. The van der Waals surface area contributed by atoms with E-state index in [1.807, 2.05) is 0 Å². The average Bonchev–Trinajstić information content (AvgIpc) is 2.65. The van der Waals surface area contributed by atoms with Crippen LogP contribution in [-0.4, -0.2) is 26.4 Å². The summed E-state index contributed by atoms with van der Waals surface area (Å²) in [6, 6.07) is 15.6. The van der Waals surface area contributed by atoms with Crippen LogP contribution in [0.4, 0.5) is 0 Å². The molecule has 3 aliphatic heterocycles. The first-order chi connectivity index (χ1) is 13.3. The van der Waals surface area contributed by atoms with E-state index < -0.39 is 27.5 Å². The van der Waals surface area contributed by atoms with Crippen molar-refractivity contribution in [2.75, 3.05) is 6.16 Å². The van der Waals surface area contributed by atoms with Crippen molar-refractivity contribution in [3.63, 3.8) is 0 Å². The first-order valence-corrected chi connectivity index (χ1v) is 16.1. The van der Waals surface area contributed by atoms with Crippen molar-refractivity contribution in [3.8, 4) is 0 Å². The van der Waals surface area contributed by atoms with Crippen LogP contribution >= 0.6 is 7.26 Å². The Morgan fingerprint density at radius 3 is 1.11 bits per heavy atom. The Hall–Kier alpha value is -1.09. The third kappa shape index (κ3) is 2.23. The van der Waals surface area contributed by atoms with Crippen LogP contribution < -0.4 is 26.4 Å². The van der Waals surface area contributed by atoms with Gasteiger partial charge >= 0.3 is 178 Å². The molecule has 0 amide bonds. The molecule has 142 valence electrons. The van der Waals surface area contributed by atoms with Gasteiger partial charge in [0.05, 0.1) is 0 Å². The van der Waals surface area contributed by atoms with E-state index in [1.54, 1.807) is 26.4 Å². The molecule has 2 heteroatoms. The SMILES string of the molecule is CC[P+]12c3cc(C)c(C)c[c]3[Sb]([c]3cc(C)c(C)cc31)[c]1cc(C)c(C)cc12. The van der Waals surface area contributed by atoms with Gasteiger partial charge in [-0.3, -0.25) is 0 Å². The molecule has 3 aromatic rings. The summed E-state index contributed by atoms with van der Waals surface area (Å²) >= 11 is -1.99. The van der Waals surface area contributed by atoms with Crippen LogP contribution in [0.2, 0.25) is 0 Å². The summed E-state index contributed by atoms with van der Waals surface area (Å²) in [6.07, 6.45) is 1.24. The molecule has 0 aliphatic carbocycles. The minimum absolute atomic E-state index is 1.24. The van der Waals surface area contributed by atoms with Crippen molar-refractivity contribution in [2.24, 2.45) is 0 Å². The van der Waals surface area contributed by atoms with Crippen molar-refractivity contribution < 1.29 is 0 Å². The molecule has 6 rings (SSSR count). The Bertz CT molecular complexity index is 1030. The molecule has 28 heavy (non-hydrogen) atoms. The topological polar surface area (TPSA) is 0 Å². The van der Waals surface area contributed by atoms with E-state index >= 15 is 0 Å². The fraction of sp³-hybridized carbons (Fsp3) is 0.308. The second kappa shape index (κ2) is 6.20. The number of benzene rings is 3. The number of rotatable bonds is 1. The first kappa shape index (κ1) is 18.9. The van der Waals surface area contributed by atoms with Gasteiger partial charge in [-0.05, 0) is 0 Å². The standard InChI is InChI=1S/C26H29P.Sb/c1-8-27(24-12-9-18(2)21(5)15-24,25-13-10-19(3)22(6)16-25)26-14-11-20(4)23(7)17-26;/h9-11,15-17H,8H2,1-7H3;/q+1;. The van der Waals surface area contributed by atoms with E-state index in [0.29, 0.717) is 0 Å². The normalized spacial score (nSPS) is 16.0. The molecule has 0 fully saturated rings. The molecular weight excluding hydrogens is 465 g/mol. The molecule has 0 nitrogen and oxygen atoms in total. The van der Waals surface area contributed by atoms with E-state index in [-0.39, 0.29) is 0 Å². The number of aryl methyl sites for hydroxylation is 6. The average molecular weight is 494 g/mol. The van der Waals surface area contributed by atoms with Gasteiger partial charge in [0.2, 0.25) is 0 Å². The Balaban J connectivity index is 2.00. The summed E-state index contributed by atoms with van der Waals surface area (Å²) in [7, 11) is -1.55. The molecule has 0 spiro atoms. The monoisotopic (exact) mass is 493 g/mol. The third-order valence-electron chi connectivity index (χ3n) is 7.20. The minimum atomic E-state index is -1.99. The van der Waals surface area contributed by atoms with Gasteiger partial charge < -0.3 is 0 Å². The number of hydrogen-bond acceptors (Lipinski definition) is 0. The van der Waals surface area contributed by atoms with Crippen molar-refractivity contribution in [2.45, 2.75) is 48.5 Å². The zero-order valence-electron chi connectivity index (χ0n) is 18.1. The van der Waals surface area contributed by atoms with Crippen LogP contribution in [0, 0.1) is 41.5 Å². The first-order valence-electron chi connectivity index (χ1n) is 10.3. The number of hydrogen-bond donors (Lipinski definition) is 0. The molecular formula is C26H29PSb+. The van der Waals surface area contributed by atoms with Crippen molar-refractivity contribution in [3.05, 3.63) is 69.8 Å². The Labute approximate surface area is 177 Å². The molecule has 0 saturated heterocycles. The van der Waals surface area contributed by atoms with Crippen LogP contribution in [0.5, 0.6) is 0 Å². The Morgan fingerprint density at radius 1 is 0.536 bits per heavy atom. The van der Waals surface area contributed by atoms with E-state index in [4.69, 9.17) is 0 Å². The van der Waals surface area contributed by atoms with Crippen LogP contribution in [0.1, 0.15) is 40.3 Å². The van der Waals surface area contributed by atoms with E-state index in [2.05, 4.69) is 84.9 Å². The van der Waals surface area contributed by atoms with Crippen LogP contribution in [0.15, 0.2) is 36.4 Å². The van der Waals surface area contributed by atoms with Crippen molar-refractivity contribution in [1.29, 1.82) is 0 Å². The summed E-state index contributed by atoms with van der Waals surface area (Å²) < 4.78 is 5.31. The predicted molar refractivity (Wildman–Crippen MR) is 129 cm³/mol. The summed E-state index contributed by atoms with van der Waals surface area (Å²) in [5.41, 5.74) is 8.83. The van der Waals surface area contributed by atoms with Crippen LogP contribution in [0.3, 0.4) is 0 Å². The second-order valence-electron chi connectivity index (χ2n) is 8.74. The van der Waals surface area contributed by atoms with Gasteiger partial charge in [0.1, 0.15) is 0 Å². The Kier molecular flexibility index (Phi) is 4.19.